The Morgan fingerprint density at radius 3 is 1.95 bits per heavy atom. The van der Waals surface area contributed by atoms with Crippen molar-refractivity contribution >= 4 is 43.6 Å². The fourth-order valence-corrected chi connectivity index (χ4v) is 11.8. The minimum absolute atomic E-state index is 0.187. The average molecular weight is 834 g/mol. The third-order valence-electron chi connectivity index (χ3n) is 14.7. The van der Waals surface area contributed by atoms with Gasteiger partial charge in [-0.25, -0.2) is 0 Å². The van der Waals surface area contributed by atoms with Crippen LogP contribution in [0.2, 0.25) is 0 Å². The lowest BCUT2D eigenvalue weighted by atomic mass is 9.66. The molecule has 3 unspecified atom stereocenters. The third-order valence-corrected chi connectivity index (χ3v) is 14.7. The molecule has 0 saturated heterocycles. The van der Waals surface area contributed by atoms with Crippen LogP contribution in [0.3, 0.4) is 0 Å². The molecule has 312 valence electrons. The van der Waals surface area contributed by atoms with Crippen LogP contribution in [0.15, 0.2) is 230 Å². The van der Waals surface area contributed by atoms with Crippen LogP contribution in [0.1, 0.15) is 65.5 Å². The molecule has 12 rings (SSSR count). The summed E-state index contributed by atoms with van der Waals surface area (Å²) in [4.78, 5) is 0. The molecule has 0 amide bonds. The van der Waals surface area contributed by atoms with Crippen LogP contribution >= 0.6 is 0 Å². The zero-order valence-corrected chi connectivity index (χ0v) is 36.8. The molecule has 1 aliphatic heterocycles. The van der Waals surface area contributed by atoms with Crippen molar-refractivity contribution in [1.29, 1.82) is 0 Å². The molecule has 2 aliphatic carbocycles. The van der Waals surface area contributed by atoms with Crippen molar-refractivity contribution in [1.82, 2.24) is 5.32 Å². The van der Waals surface area contributed by atoms with Crippen LogP contribution in [-0.2, 0) is 5.41 Å². The van der Waals surface area contributed by atoms with Crippen LogP contribution in [0.4, 0.5) is 0 Å². The topological polar surface area (TPSA) is 12.0 Å². The number of hydrogen-bond donors (Lipinski definition) is 1. The molecule has 1 nitrogen and oxygen atoms in total. The van der Waals surface area contributed by atoms with Crippen molar-refractivity contribution in [3.8, 4) is 22.3 Å². The van der Waals surface area contributed by atoms with Crippen LogP contribution in [0, 0.1) is 5.92 Å². The molecule has 0 bridgehead atoms. The molecule has 0 radical (unpaired) electrons. The first kappa shape index (κ1) is 39.1. The van der Waals surface area contributed by atoms with Crippen LogP contribution < -0.4 is 5.32 Å². The first-order chi connectivity index (χ1) is 32.2. The number of allylic oxidation sites excluding steroid dienone is 6. The van der Waals surface area contributed by atoms with Gasteiger partial charge in [-0.2, -0.15) is 0 Å². The molecule has 1 heteroatoms. The SMILES string of the molecule is CCC1/C(c2ccccc2)=C\CN/C(c2ccc3c4ccccc4c4cccc(-c5ccc6c(c5)-c5ccccc5C6(C5=CCCC=C5)c5ccccc5)c4c3c2)=C\C1c1ccccc1. The van der Waals surface area contributed by atoms with E-state index in [-0.39, 0.29) is 11.3 Å². The van der Waals surface area contributed by atoms with Gasteiger partial charge in [0.25, 0.3) is 0 Å². The monoisotopic (exact) mass is 833 g/mol. The summed E-state index contributed by atoms with van der Waals surface area (Å²) < 4.78 is 0. The summed E-state index contributed by atoms with van der Waals surface area (Å²) in [6, 6.07) is 72.9. The minimum Gasteiger partial charge on any atom is -0.381 e. The second-order valence-corrected chi connectivity index (χ2v) is 18.0. The zero-order chi connectivity index (χ0) is 43.3. The maximum absolute atomic E-state index is 3.94. The predicted octanol–water partition coefficient (Wildman–Crippen LogP) is 16.2. The fourth-order valence-electron chi connectivity index (χ4n) is 11.8. The molecular weight excluding hydrogens is 783 g/mol. The molecule has 9 aromatic carbocycles. The summed E-state index contributed by atoms with van der Waals surface area (Å²) in [6.45, 7) is 3.10. The van der Waals surface area contributed by atoms with Gasteiger partial charge in [0.2, 0.25) is 0 Å². The van der Waals surface area contributed by atoms with E-state index in [0.29, 0.717) is 5.92 Å². The molecule has 0 saturated carbocycles. The standard InChI is InChI=1S/C64H51N/c1-2-49-50(43-20-7-3-8-21-43)38-39-65-62(42-57(49)44-22-9-4-10-23-44)46-34-36-54-52-28-15-16-29-53(52)56-32-19-31-51(63(56)59(54)41-46)45-35-37-61-58(40-45)55-30-17-18-33-60(55)64(61,47-24-11-5-12-25-47)48-26-13-6-14-27-48/h3-5,7-13,15-38,40-42,49,57,65H,2,6,14,39H2,1H3/b50-38-,62-42-. The Morgan fingerprint density at radius 1 is 0.508 bits per heavy atom. The van der Waals surface area contributed by atoms with Crippen molar-refractivity contribution in [2.24, 2.45) is 5.92 Å². The molecule has 3 atom stereocenters. The second kappa shape index (κ2) is 16.3. The molecule has 0 aromatic heterocycles. The van der Waals surface area contributed by atoms with E-state index < -0.39 is 0 Å². The van der Waals surface area contributed by atoms with Gasteiger partial charge in [0.1, 0.15) is 0 Å². The summed E-state index contributed by atoms with van der Waals surface area (Å²) in [5, 5.41) is 11.6. The predicted molar refractivity (Wildman–Crippen MR) is 276 cm³/mol. The van der Waals surface area contributed by atoms with E-state index in [9.17, 15) is 0 Å². The minimum atomic E-state index is -0.386. The zero-order valence-electron chi connectivity index (χ0n) is 36.8. The Balaban J connectivity index is 1.07. The van der Waals surface area contributed by atoms with Gasteiger partial charge in [-0.3, -0.25) is 0 Å². The van der Waals surface area contributed by atoms with Gasteiger partial charge in [0.15, 0.2) is 0 Å². The summed E-state index contributed by atoms with van der Waals surface area (Å²) in [6.07, 6.45) is 15.4. The third kappa shape index (κ3) is 6.36. The first-order valence-corrected chi connectivity index (χ1v) is 23.5. The van der Waals surface area contributed by atoms with Crippen molar-refractivity contribution in [2.75, 3.05) is 6.54 Å². The molecule has 0 fully saturated rings. The lowest BCUT2D eigenvalue weighted by Gasteiger charge is -2.35. The number of fused-ring (bicyclic) bond motifs is 9. The number of hydrogen-bond acceptors (Lipinski definition) is 1. The number of rotatable bonds is 7. The van der Waals surface area contributed by atoms with Gasteiger partial charge < -0.3 is 5.32 Å². The van der Waals surface area contributed by atoms with E-state index in [1.807, 2.05) is 0 Å². The summed E-state index contributed by atoms with van der Waals surface area (Å²) in [5.74, 6) is 0.511. The quantitative estimate of drug-likeness (QED) is 0.158. The van der Waals surface area contributed by atoms with Crippen LogP contribution in [-0.4, -0.2) is 6.54 Å². The van der Waals surface area contributed by atoms with E-state index in [2.05, 4.69) is 237 Å². The average Bonchev–Trinajstić information content (AvgIpc) is 3.67. The number of nitrogens with one attached hydrogen (secondary N) is 1. The van der Waals surface area contributed by atoms with Gasteiger partial charge in [-0.1, -0.05) is 219 Å². The maximum atomic E-state index is 3.94. The normalized spacial score (nSPS) is 20.7. The summed E-state index contributed by atoms with van der Waals surface area (Å²) >= 11 is 0. The van der Waals surface area contributed by atoms with Gasteiger partial charge in [-0.05, 0) is 136 Å². The van der Waals surface area contributed by atoms with Crippen molar-refractivity contribution in [3.05, 3.63) is 263 Å². The van der Waals surface area contributed by atoms with E-state index in [4.69, 9.17) is 0 Å². The highest BCUT2D eigenvalue weighted by molar-refractivity contribution is 6.28. The van der Waals surface area contributed by atoms with Crippen LogP contribution in [0.25, 0.3) is 65.8 Å². The summed E-state index contributed by atoms with van der Waals surface area (Å²) in [7, 11) is 0. The second-order valence-electron chi connectivity index (χ2n) is 18.0. The molecule has 1 N–H and O–H groups in total. The van der Waals surface area contributed by atoms with Crippen molar-refractivity contribution in [2.45, 2.75) is 37.5 Å². The first-order valence-electron chi connectivity index (χ1n) is 23.5. The molecule has 0 spiro atoms. The lowest BCUT2D eigenvalue weighted by Crippen LogP contribution is -2.29. The highest BCUT2D eigenvalue weighted by atomic mass is 14.9. The van der Waals surface area contributed by atoms with E-state index in [0.717, 1.165) is 25.8 Å². The summed E-state index contributed by atoms with van der Waals surface area (Å²) in [5.41, 5.74) is 16.6. The largest absolute Gasteiger partial charge is 0.381 e. The smallest absolute Gasteiger partial charge is 0.0710 e. The molecule has 3 aliphatic rings. The Kier molecular flexibility index (Phi) is 9.79. The highest BCUT2D eigenvalue weighted by Gasteiger charge is 2.46. The highest BCUT2D eigenvalue weighted by Crippen LogP contribution is 2.58. The molecule has 1 heterocycles. The van der Waals surface area contributed by atoms with E-state index in [1.54, 1.807) is 0 Å². The Labute approximate surface area is 382 Å². The van der Waals surface area contributed by atoms with Crippen molar-refractivity contribution < 1.29 is 0 Å². The molecule has 65 heavy (non-hydrogen) atoms. The van der Waals surface area contributed by atoms with E-state index in [1.165, 1.54) is 105 Å². The number of benzene rings is 9. The van der Waals surface area contributed by atoms with Crippen LogP contribution in [0.5, 0.6) is 0 Å². The Bertz CT molecular complexity index is 3410. The molecular formula is C64H51N. The van der Waals surface area contributed by atoms with Gasteiger partial charge in [0, 0.05) is 18.2 Å². The maximum Gasteiger partial charge on any atom is 0.0710 e. The van der Waals surface area contributed by atoms with Gasteiger partial charge in [-0.15, -0.1) is 0 Å². The van der Waals surface area contributed by atoms with Crippen molar-refractivity contribution in [3.63, 3.8) is 0 Å². The fraction of sp³-hybridized carbons (Fsp3) is 0.125. The van der Waals surface area contributed by atoms with Gasteiger partial charge >= 0.3 is 0 Å². The Morgan fingerprint density at radius 2 is 1.17 bits per heavy atom. The van der Waals surface area contributed by atoms with E-state index >= 15 is 0 Å². The lowest BCUT2D eigenvalue weighted by molar-refractivity contribution is 0.576. The van der Waals surface area contributed by atoms with Gasteiger partial charge in [0.05, 0.1) is 5.41 Å². The molecule has 9 aromatic rings. The Hall–Kier alpha value is -7.48.